The molecule has 0 unspecified atom stereocenters. The summed E-state index contributed by atoms with van der Waals surface area (Å²) in [5, 5.41) is 0. The monoisotopic (exact) mass is 167 g/mol. The summed E-state index contributed by atoms with van der Waals surface area (Å²) in [6.45, 7) is 8.58. The highest BCUT2D eigenvalue weighted by molar-refractivity contribution is 5.24. The van der Waals surface area contributed by atoms with Crippen LogP contribution in [0.25, 0.3) is 0 Å². The molecule has 2 N–H and O–H groups in total. The van der Waals surface area contributed by atoms with Gasteiger partial charge in [0.2, 0.25) is 0 Å². The van der Waals surface area contributed by atoms with Crippen LogP contribution in [-0.4, -0.2) is 6.54 Å². The lowest BCUT2D eigenvalue weighted by atomic mass is 10.2. The fourth-order valence-electron chi connectivity index (χ4n) is 0.626. The average molecular weight is 167 g/mol. The van der Waals surface area contributed by atoms with Crippen LogP contribution in [0.3, 0.4) is 0 Å². The third-order valence-electron chi connectivity index (χ3n) is 1.12. The van der Waals surface area contributed by atoms with E-state index in [-0.39, 0.29) is 0 Å². The highest BCUT2D eigenvalue weighted by atomic mass is 14.5. The Labute approximate surface area is 76.7 Å². The molecule has 0 rings (SSSR count). The molecule has 0 bridgehead atoms. The predicted molar refractivity (Wildman–Crippen MR) is 58.1 cm³/mol. The zero-order valence-electron chi connectivity index (χ0n) is 8.67. The van der Waals surface area contributed by atoms with E-state index in [4.69, 9.17) is 5.73 Å². The van der Waals surface area contributed by atoms with Crippen molar-refractivity contribution in [2.24, 2.45) is 5.73 Å². The Hall–Kier alpha value is -0.820. The molecule has 0 heterocycles. The van der Waals surface area contributed by atoms with E-state index >= 15 is 0 Å². The second-order valence-corrected chi connectivity index (χ2v) is 1.97. The summed E-state index contributed by atoms with van der Waals surface area (Å²) in [7, 11) is 0. The van der Waals surface area contributed by atoms with Crippen molar-refractivity contribution in [3.8, 4) is 0 Å². The summed E-state index contributed by atoms with van der Waals surface area (Å²) in [5.41, 5.74) is 6.60. The Kier molecular flexibility index (Phi) is 14.7. The van der Waals surface area contributed by atoms with Gasteiger partial charge in [-0.1, -0.05) is 44.2 Å². The lowest BCUT2D eigenvalue weighted by Gasteiger charge is -1.91. The standard InChI is InChI=1S/C9H15N.C2H6/c1-3-5-7-9(8-10)6-4-2;1-2/h3-7H,8,10H2,1-2H3;1-2H3/b5-3-,6-4-,9-7+;. The second-order valence-electron chi connectivity index (χ2n) is 1.97. The molecular formula is C11H21N. The van der Waals surface area contributed by atoms with Crippen LogP contribution in [0, 0.1) is 0 Å². The molecule has 70 valence electrons. The van der Waals surface area contributed by atoms with E-state index in [9.17, 15) is 0 Å². The number of hydrogen-bond acceptors (Lipinski definition) is 1. The highest BCUT2D eigenvalue weighted by Gasteiger charge is 1.81. The third kappa shape index (κ3) is 9.18. The molecule has 0 aromatic heterocycles. The van der Waals surface area contributed by atoms with Crippen LogP contribution in [0.15, 0.2) is 36.0 Å². The third-order valence-corrected chi connectivity index (χ3v) is 1.12. The van der Waals surface area contributed by atoms with Gasteiger partial charge in [0.15, 0.2) is 0 Å². The SMILES string of the molecule is CC.C\C=C/C=C(\C=C/C)CN. The molecule has 1 heteroatoms. The Morgan fingerprint density at radius 2 is 1.75 bits per heavy atom. The van der Waals surface area contributed by atoms with Gasteiger partial charge in [-0.05, 0) is 19.4 Å². The molecule has 0 aliphatic carbocycles. The maximum absolute atomic E-state index is 5.45. The molecule has 1 nitrogen and oxygen atoms in total. The fraction of sp³-hybridized carbons (Fsp3) is 0.455. The predicted octanol–water partition coefficient (Wildman–Crippen LogP) is 3.05. The molecule has 0 atom stereocenters. The van der Waals surface area contributed by atoms with Gasteiger partial charge in [0.05, 0.1) is 0 Å². The number of hydrogen-bond donors (Lipinski definition) is 1. The van der Waals surface area contributed by atoms with Crippen molar-refractivity contribution < 1.29 is 0 Å². The van der Waals surface area contributed by atoms with E-state index in [0.29, 0.717) is 6.54 Å². The summed E-state index contributed by atoms with van der Waals surface area (Å²) >= 11 is 0. The Morgan fingerprint density at radius 1 is 1.17 bits per heavy atom. The second kappa shape index (κ2) is 12.8. The lowest BCUT2D eigenvalue weighted by Crippen LogP contribution is -2.00. The van der Waals surface area contributed by atoms with E-state index < -0.39 is 0 Å². The Bertz CT molecular complexity index is 152. The van der Waals surface area contributed by atoms with Crippen LogP contribution >= 0.6 is 0 Å². The Balaban J connectivity index is 0. The maximum atomic E-state index is 5.45. The smallest absolute Gasteiger partial charge is 0.0177 e. The quantitative estimate of drug-likeness (QED) is 0.642. The van der Waals surface area contributed by atoms with Crippen molar-refractivity contribution in [2.75, 3.05) is 6.54 Å². The molecule has 0 aliphatic rings. The van der Waals surface area contributed by atoms with Gasteiger partial charge in [0.1, 0.15) is 0 Å². The minimum absolute atomic E-state index is 0.606. The Morgan fingerprint density at radius 3 is 2.08 bits per heavy atom. The van der Waals surface area contributed by atoms with Crippen molar-refractivity contribution in [3.05, 3.63) is 36.0 Å². The van der Waals surface area contributed by atoms with Gasteiger partial charge in [-0.25, -0.2) is 0 Å². The molecule has 0 aromatic carbocycles. The fourth-order valence-corrected chi connectivity index (χ4v) is 0.626. The number of allylic oxidation sites excluding steroid dienone is 4. The maximum Gasteiger partial charge on any atom is 0.0177 e. The van der Waals surface area contributed by atoms with Crippen molar-refractivity contribution in [2.45, 2.75) is 27.7 Å². The number of nitrogens with two attached hydrogens (primary N) is 1. The van der Waals surface area contributed by atoms with Crippen LogP contribution in [0.4, 0.5) is 0 Å². The molecule has 0 saturated carbocycles. The summed E-state index contributed by atoms with van der Waals surface area (Å²) in [6.07, 6.45) is 9.99. The zero-order chi connectivity index (χ0) is 9.82. The van der Waals surface area contributed by atoms with Crippen LogP contribution in [0.1, 0.15) is 27.7 Å². The van der Waals surface area contributed by atoms with Crippen molar-refractivity contribution in [3.63, 3.8) is 0 Å². The largest absolute Gasteiger partial charge is 0.326 e. The first-order valence-corrected chi connectivity index (χ1v) is 4.49. The van der Waals surface area contributed by atoms with E-state index in [1.807, 2.05) is 58.1 Å². The molecule has 12 heavy (non-hydrogen) atoms. The molecule has 0 amide bonds. The van der Waals surface area contributed by atoms with E-state index in [2.05, 4.69) is 0 Å². The van der Waals surface area contributed by atoms with Crippen LogP contribution in [0.5, 0.6) is 0 Å². The molecular weight excluding hydrogens is 146 g/mol. The molecule has 0 radical (unpaired) electrons. The lowest BCUT2D eigenvalue weighted by molar-refractivity contribution is 1.18. The first-order chi connectivity index (χ1) is 5.85. The first-order valence-electron chi connectivity index (χ1n) is 4.49. The molecule has 0 saturated heterocycles. The minimum Gasteiger partial charge on any atom is -0.326 e. The molecule has 0 aliphatic heterocycles. The van der Waals surface area contributed by atoms with Gasteiger partial charge in [-0.15, -0.1) is 0 Å². The van der Waals surface area contributed by atoms with Gasteiger partial charge in [-0.3, -0.25) is 0 Å². The molecule has 0 spiro atoms. The van der Waals surface area contributed by atoms with Crippen LogP contribution in [0.2, 0.25) is 0 Å². The molecule has 0 aromatic rings. The molecule has 0 fully saturated rings. The highest BCUT2D eigenvalue weighted by Crippen LogP contribution is 1.93. The van der Waals surface area contributed by atoms with Gasteiger partial charge in [0.25, 0.3) is 0 Å². The minimum atomic E-state index is 0.606. The van der Waals surface area contributed by atoms with Gasteiger partial charge < -0.3 is 5.73 Å². The normalized spacial score (nSPS) is 11.9. The zero-order valence-corrected chi connectivity index (χ0v) is 8.67. The van der Waals surface area contributed by atoms with Crippen molar-refractivity contribution >= 4 is 0 Å². The topological polar surface area (TPSA) is 26.0 Å². The van der Waals surface area contributed by atoms with E-state index in [1.54, 1.807) is 0 Å². The van der Waals surface area contributed by atoms with Crippen molar-refractivity contribution in [1.29, 1.82) is 0 Å². The summed E-state index contributed by atoms with van der Waals surface area (Å²) in [4.78, 5) is 0. The van der Waals surface area contributed by atoms with Crippen LogP contribution in [-0.2, 0) is 0 Å². The summed E-state index contributed by atoms with van der Waals surface area (Å²) in [6, 6.07) is 0. The number of rotatable bonds is 3. The van der Waals surface area contributed by atoms with Gasteiger partial charge in [0, 0.05) is 6.54 Å². The van der Waals surface area contributed by atoms with E-state index in [0.717, 1.165) is 5.57 Å². The average Bonchev–Trinajstić information content (AvgIpc) is 2.15. The van der Waals surface area contributed by atoms with Crippen molar-refractivity contribution in [1.82, 2.24) is 0 Å². The van der Waals surface area contributed by atoms with E-state index in [1.165, 1.54) is 0 Å². The van der Waals surface area contributed by atoms with Gasteiger partial charge >= 0.3 is 0 Å². The van der Waals surface area contributed by atoms with Crippen LogP contribution < -0.4 is 5.73 Å². The summed E-state index contributed by atoms with van der Waals surface area (Å²) in [5.74, 6) is 0. The summed E-state index contributed by atoms with van der Waals surface area (Å²) < 4.78 is 0. The van der Waals surface area contributed by atoms with Gasteiger partial charge in [-0.2, -0.15) is 0 Å². The first kappa shape index (κ1) is 13.7.